The van der Waals surface area contributed by atoms with Crippen LogP contribution < -0.4 is 5.32 Å². The van der Waals surface area contributed by atoms with Gasteiger partial charge in [-0.15, -0.1) is 0 Å². The minimum absolute atomic E-state index is 0.0684. The smallest absolute Gasteiger partial charge is 0.338 e. The molecule has 2 aromatic heterocycles. The van der Waals surface area contributed by atoms with Crippen LogP contribution >= 0.6 is 0 Å². The lowest BCUT2D eigenvalue weighted by Gasteiger charge is -2.17. The van der Waals surface area contributed by atoms with E-state index in [1.165, 1.54) is 0 Å². The zero-order valence-corrected chi connectivity index (χ0v) is 18.3. The van der Waals surface area contributed by atoms with Crippen LogP contribution in [0.25, 0.3) is 5.82 Å². The first-order valence-electron chi connectivity index (χ1n) is 10.3. The summed E-state index contributed by atoms with van der Waals surface area (Å²) in [5.74, 6) is 0.491. The second-order valence-electron chi connectivity index (χ2n) is 7.79. The lowest BCUT2D eigenvalue weighted by molar-refractivity contribution is 0.0535. The van der Waals surface area contributed by atoms with E-state index in [2.05, 4.69) is 26.5 Å². The number of pyridine rings is 1. The number of nitrogens with one attached hydrogen (secondary N) is 1. The Hall–Kier alpha value is -3.83. The summed E-state index contributed by atoms with van der Waals surface area (Å²) >= 11 is 0. The van der Waals surface area contributed by atoms with Gasteiger partial charge in [0.1, 0.15) is 12.7 Å². The molecular weight excluding hydrogens is 404 g/mol. The van der Waals surface area contributed by atoms with Crippen molar-refractivity contribution in [1.29, 1.82) is 5.26 Å². The summed E-state index contributed by atoms with van der Waals surface area (Å²) in [5, 5.41) is 16.9. The number of ether oxygens (including phenoxy) is 1. The highest BCUT2D eigenvalue weighted by molar-refractivity contribution is 5.94. The van der Waals surface area contributed by atoms with Crippen LogP contribution in [0.15, 0.2) is 41.8 Å². The van der Waals surface area contributed by atoms with E-state index in [0.717, 1.165) is 27.8 Å². The number of aromatic nitrogens is 3. The Morgan fingerprint density at radius 3 is 2.97 bits per heavy atom. The zero-order valence-electron chi connectivity index (χ0n) is 18.3. The predicted octanol–water partition coefficient (Wildman–Crippen LogP) is 3.00. The fourth-order valence-electron chi connectivity index (χ4n) is 3.92. The molecule has 8 nitrogen and oxygen atoms in total. The highest BCUT2D eigenvalue weighted by Gasteiger charge is 2.25. The van der Waals surface area contributed by atoms with Gasteiger partial charge in [-0.05, 0) is 42.7 Å². The summed E-state index contributed by atoms with van der Waals surface area (Å²) in [7, 11) is 1.76. The summed E-state index contributed by atoms with van der Waals surface area (Å²) < 4.78 is 6.88. The van der Waals surface area contributed by atoms with E-state index in [-0.39, 0.29) is 11.9 Å². The third-order valence-electron chi connectivity index (χ3n) is 5.72. The van der Waals surface area contributed by atoms with Gasteiger partial charge in [0.05, 0.1) is 17.3 Å². The molecule has 1 unspecified atom stereocenters. The number of nitrogens with zero attached hydrogens (tertiary/aromatic N) is 5. The van der Waals surface area contributed by atoms with Gasteiger partial charge in [0.25, 0.3) is 0 Å². The molecule has 3 aromatic rings. The topological polar surface area (TPSA) is 105 Å². The van der Waals surface area contributed by atoms with Crippen LogP contribution in [0, 0.1) is 25.2 Å². The Balaban J connectivity index is 1.44. The second-order valence-corrected chi connectivity index (χ2v) is 7.79. The Bertz CT molecular complexity index is 1240. The van der Waals surface area contributed by atoms with Crippen molar-refractivity contribution in [1.82, 2.24) is 20.1 Å². The van der Waals surface area contributed by atoms with E-state index in [1.807, 2.05) is 44.5 Å². The molecule has 32 heavy (non-hydrogen) atoms. The second kappa shape index (κ2) is 9.12. The molecule has 0 fully saturated rings. The molecule has 0 spiro atoms. The van der Waals surface area contributed by atoms with Crippen molar-refractivity contribution in [3.8, 4) is 11.9 Å². The molecule has 1 aliphatic heterocycles. The first kappa shape index (κ1) is 21.4. The van der Waals surface area contributed by atoms with Gasteiger partial charge in [-0.3, -0.25) is 0 Å². The van der Waals surface area contributed by atoms with Crippen molar-refractivity contribution >= 4 is 12.2 Å². The Morgan fingerprint density at radius 2 is 2.22 bits per heavy atom. The first-order chi connectivity index (χ1) is 15.5. The lowest BCUT2D eigenvalue weighted by atomic mass is 9.90. The van der Waals surface area contributed by atoms with Crippen molar-refractivity contribution in [2.75, 3.05) is 13.6 Å². The maximum atomic E-state index is 11.8. The molecule has 0 saturated carbocycles. The summed E-state index contributed by atoms with van der Waals surface area (Å²) in [6.45, 7) is 5.57. The number of fused-ring (bicyclic) bond motifs is 1. The molecule has 0 amide bonds. The van der Waals surface area contributed by atoms with Crippen molar-refractivity contribution in [3.63, 3.8) is 0 Å². The fourth-order valence-corrected chi connectivity index (χ4v) is 3.92. The highest BCUT2D eigenvalue weighted by Crippen LogP contribution is 2.29. The normalized spacial score (nSPS) is 13.8. The highest BCUT2D eigenvalue weighted by atomic mass is 16.5. The first-order valence-corrected chi connectivity index (χ1v) is 10.3. The Kier molecular flexibility index (Phi) is 6.10. The maximum Gasteiger partial charge on any atom is 0.338 e. The van der Waals surface area contributed by atoms with Crippen molar-refractivity contribution in [2.24, 2.45) is 4.99 Å². The van der Waals surface area contributed by atoms with Crippen LogP contribution in [0.5, 0.6) is 0 Å². The molecule has 1 N–H and O–H groups in total. The number of aliphatic imine (C=N–C) groups is 1. The third-order valence-corrected chi connectivity index (χ3v) is 5.72. The van der Waals surface area contributed by atoms with E-state index >= 15 is 0 Å². The van der Waals surface area contributed by atoms with Crippen molar-refractivity contribution in [2.45, 2.75) is 32.9 Å². The van der Waals surface area contributed by atoms with E-state index in [0.29, 0.717) is 36.6 Å². The van der Waals surface area contributed by atoms with Gasteiger partial charge in [0.2, 0.25) is 0 Å². The van der Waals surface area contributed by atoms with Crippen LogP contribution in [-0.2, 0) is 17.9 Å². The van der Waals surface area contributed by atoms with Crippen LogP contribution in [0.1, 0.15) is 49.7 Å². The quantitative estimate of drug-likeness (QED) is 0.458. The van der Waals surface area contributed by atoms with Gasteiger partial charge in [0.15, 0.2) is 5.82 Å². The molecule has 0 aliphatic carbocycles. The average molecular weight is 428 g/mol. The summed E-state index contributed by atoms with van der Waals surface area (Å²) in [5.41, 5.74) is 6.28. The van der Waals surface area contributed by atoms with E-state index in [9.17, 15) is 4.79 Å². The number of cyclic esters (lactones) is 1. The number of benzene rings is 1. The third kappa shape index (κ3) is 4.15. The van der Waals surface area contributed by atoms with Crippen molar-refractivity contribution < 1.29 is 9.53 Å². The van der Waals surface area contributed by atoms with Crippen LogP contribution in [-0.4, -0.2) is 40.5 Å². The minimum atomic E-state index is -0.252. The van der Waals surface area contributed by atoms with Crippen molar-refractivity contribution in [3.05, 3.63) is 75.7 Å². The summed E-state index contributed by atoms with van der Waals surface area (Å²) in [6, 6.07) is 7.81. The Labute approximate surface area is 186 Å². The molecule has 3 heterocycles. The number of hydrogen-bond donors (Lipinski definition) is 1. The monoisotopic (exact) mass is 428 g/mol. The molecular formula is C24H24N6O2. The van der Waals surface area contributed by atoms with E-state index < -0.39 is 0 Å². The molecule has 8 heteroatoms. The number of hydrogen-bond acceptors (Lipinski definition) is 7. The SMILES string of the molecule is CN=CC(CNCc1cnn(-c2cc(C)c(C#N)cn2)c1)c1ccc2c(c1C)COC2=O. The van der Waals surface area contributed by atoms with Gasteiger partial charge in [-0.1, -0.05) is 6.07 Å². The number of carbonyl (C=O) groups is 1. The molecule has 0 saturated heterocycles. The number of rotatable bonds is 7. The standard InChI is InChI=1S/C24H24N6O2/c1-15-6-23(28-12-18(15)7-25)30-13-17(9-29-30)8-27-11-19(10-26-3)20-4-5-21-22(16(20)2)14-32-24(21)31/h4-6,9-10,12-13,19,27H,8,11,14H2,1-3H3. The average Bonchev–Trinajstić information content (AvgIpc) is 3.41. The molecule has 4 rings (SSSR count). The zero-order chi connectivity index (χ0) is 22.7. The number of nitriles is 1. The molecule has 1 aromatic carbocycles. The number of esters is 1. The van der Waals surface area contributed by atoms with Gasteiger partial charge in [-0.25, -0.2) is 14.5 Å². The van der Waals surface area contributed by atoms with Gasteiger partial charge in [0, 0.05) is 55.8 Å². The molecule has 0 bridgehead atoms. The molecule has 162 valence electrons. The van der Waals surface area contributed by atoms with Gasteiger partial charge in [-0.2, -0.15) is 10.4 Å². The Morgan fingerprint density at radius 1 is 1.38 bits per heavy atom. The minimum Gasteiger partial charge on any atom is -0.457 e. The lowest BCUT2D eigenvalue weighted by Crippen LogP contribution is -2.23. The number of aryl methyl sites for hydroxylation is 1. The largest absolute Gasteiger partial charge is 0.457 e. The predicted molar refractivity (Wildman–Crippen MR) is 120 cm³/mol. The molecule has 1 atom stereocenters. The van der Waals surface area contributed by atoms with Gasteiger partial charge >= 0.3 is 5.97 Å². The van der Waals surface area contributed by atoms with Crippen LogP contribution in [0.4, 0.5) is 0 Å². The number of carbonyl (C=O) groups excluding carboxylic acids is 1. The summed E-state index contributed by atoms with van der Waals surface area (Å²) in [4.78, 5) is 20.4. The molecule has 1 aliphatic rings. The maximum absolute atomic E-state index is 11.8. The van der Waals surface area contributed by atoms with E-state index in [1.54, 1.807) is 24.1 Å². The summed E-state index contributed by atoms with van der Waals surface area (Å²) in [6.07, 6.45) is 7.21. The van der Waals surface area contributed by atoms with E-state index in [4.69, 9.17) is 10.00 Å². The van der Waals surface area contributed by atoms with Crippen LogP contribution in [0.3, 0.4) is 0 Å². The fraction of sp³-hybridized carbons (Fsp3) is 0.292. The van der Waals surface area contributed by atoms with Crippen LogP contribution in [0.2, 0.25) is 0 Å². The van der Waals surface area contributed by atoms with Gasteiger partial charge < -0.3 is 15.0 Å². The molecule has 0 radical (unpaired) electrons.